The van der Waals surface area contributed by atoms with Gasteiger partial charge in [0.1, 0.15) is 11.2 Å². The van der Waals surface area contributed by atoms with E-state index in [0.29, 0.717) is 0 Å². The minimum absolute atomic E-state index is 0.579. The molecule has 2 heterocycles. The number of rotatable bonds is 7. The zero-order valence-electron chi connectivity index (χ0n) is 37.1. The van der Waals surface area contributed by atoms with Crippen LogP contribution in [0.2, 0.25) is 0 Å². The molecule has 11 aromatic carbocycles. The van der Waals surface area contributed by atoms with Crippen LogP contribution in [0.1, 0.15) is 22.3 Å². The first-order valence-electron chi connectivity index (χ1n) is 23.4. The molecule has 3 nitrogen and oxygen atoms in total. The molecule has 3 heteroatoms. The second-order valence-corrected chi connectivity index (χ2v) is 17.9. The van der Waals surface area contributed by atoms with Crippen LogP contribution in [0.3, 0.4) is 0 Å². The molecule has 68 heavy (non-hydrogen) atoms. The summed E-state index contributed by atoms with van der Waals surface area (Å²) in [5.41, 5.74) is 17.3. The number of para-hydroxylation sites is 6. The lowest BCUT2D eigenvalue weighted by molar-refractivity contribution is 0.674. The maximum atomic E-state index is 7.10. The van der Waals surface area contributed by atoms with Gasteiger partial charge in [-0.1, -0.05) is 212 Å². The minimum Gasteiger partial charge on any atom is -0.455 e. The van der Waals surface area contributed by atoms with E-state index in [9.17, 15) is 0 Å². The Morgan fingerprint density at radius 1 is 0.324 bits per heavy atom. The van der Waals surface area contributed by atoms with Crippen molar-refractivity contribution >= 4 is 71.6 Å². The van der Waals surface area contributed by atoms with E-state index in [1.807, 2.05) is 0 Å². The Bertz CT molecular complexity index is 4010. The zero-order valence-corrected chi connectivity index (χ0v) is 37.1. The van der Waals surface area contributed by atoms with Gasteiger partial charge in [0.15, 0.2) is 0 Å². The van der Waals surface area contributed by atoms with Gasteiger partial charge in [-0.05, 0) is 75.7 Å². The summed E-state index contributed by atoms with van der Waals surface area (Å²) >= 11 is 0. The van der Waals surface area contributed by atoms with E-state index in [0.717, 1.165) is 77.6 Å². The Labute approximate surface area is 394 Å². The summed E-state index contributed by atoms with van der Waals surface area (Å²) in [4.78, 5) is 2.53. The minimum atomic E-state index is -0.579. The molecule has 0 saturated heterocycles. The molecule has 0 fully saturated rings. The molecular weight excluding hydrogens is 825 g/mol. The van der Waals surface area contributed by atoms with E-state index in [1.165, 1.54) is 44.2 Å². The molecule has 1 aliphatic rings. The summed E-state index contributed by atoms with van der Waals surface area (Å²) in [6.45, 7) is 0. The third-order valence-corrected chi connectivity index (χ3v) is 14.5. The van der Waals surface area contributed by atoms with Crippen LogP contribution in [-0.4, -0.2) is 4.57 Å². The molecule has 0 aliphatic heterocycles. The molecule has 1 aliphatic carbocycles. The van der Waals surface area contributed by atoms with Crippen molar-refractivity contribution in [3.63, 3.8) is 0 Å². The highest BCUT2D eigenvalue weighted by molar-refractivity contribution is 6.18. The van der Waals surface area contributed by atoms with Crippen molar-refractivity contribution in [1.29, 1.82) is 0 Å². The summed E-state index contributed by atoms with van der Waals surface area (Å²) in [7, 11) is 0. The number of benzene rings is 11. The van der Waals surface area contributed by atoms with E-state index in [4.69, 9.17) is 4.42 Å². The van der Waals surface area contributed by atoms with Crippen molar-refractivity contribution in [2.45, 2.75) is 5.41 Å². The largest absolute Gasteiger partial charge is 0.455 e. The predicted molar refractivity (Wildman–Crippen MR) is 283 cm³/mol. The first kappa shape index (κ1) is 38.4. The summed E-state index contributed by atoms with van der Waals surface area (Å²) in [5.74, 6) is 0. The third-order valence-electron chi connectivity index (χ3n) is 14.5. The molecule has 0 amide bonds. The Kier molecular flexibility index (Phi) is 8.50. The number of hydrogen-bond donors (Lipinski definition) is 0. The second-order valence-electron chi connectivity index (χ2n) is 17.9. The lowest BCUT2D eigenvalue weighted by Crippen LogP contribution is -2.28. The average molecular weight is 867 g/mol. The topological polar surface area (TPSA) is 21.3 Å². The lowest BCUT2D eigenvalue weighted by atomic mass is 9.68. The monoisotopic (exact) mass is 866 g/mol. The smallest absolute Gasteiger partial charge is 0.143 e. The van der Waals surface area contributed by atoms with Crippen molar-refractivity contribution in [1.82, 2.24) is 4.57 Å². The normalized spacial score (nSPS) is 12.8. The standard InChI is InChI=1S/C65H42N2O/c1-3-22-44(23-4-1)65(45-24-5-2-6-25-45)54-33-13-9-30-53(54)62-55(65)34-20-40-61(62)67(60-39-18-17-38-59(60)66-56-35-14-10-27-47(56)48-28-11-15-36-57(48)66)58-37-16-12-29-49(58)50-31-19-32-51-52-42-41-43-21-7-8-26-46(43)63(52)68-64(50)51/h1-42H. The fourth-order valence-electron chi connectivity index (χ4n) is 11.7. The Balaban J connectivity index is 1.11. The number of nitrogens with zero attached hydrogens (tertiary/aromatic N) is 2. The third kappa shape index (κ3) is 5.41. The maximum Gasteiger partial charge on any atom is 0.143 e. The van der Waals surface area contributed by atoms with Crippen LogP contribution >= 0.6 is 0 Å². The van der Waals surface area contributed by atoms with Crippen molar-refractivity contribution < 1.29 is 4.42 Å². The number of anilines is 3. The van der Waals surface area contributed by atoms with Crippen LogP contribution in [-0.2, 0) is 5.41 Å². The highest BCUT2D eigenvalue weighted by Crippen LogP contribution is 2.60. The van der Waals surface area contributed by atoms with E-state index >= 15 is 0 Å². The SMILES string of the molecule is c1ccc(C2(c3ccccc3)c3ccccc3-c3c(N(c4ccccc4-c4cccc5c4oc4c6ccccc6ccc54)c4ccccc4-n4c5ccccc5c5ccccc54)cccc32)cc1. The molecule has 0 saturated carbocycles. The zero-order chi connectivity index (χ0) is 44.8. The number of aromatic nitrogens is 1. The Morgan fingerprint density at radius 2 is 0.838 bits per heavy atom. The molecule has 0 radical (unpaired) electrons. The highest BCUT2D eigenvalue weighted by Gasteiger charge is 2.47. The van der Waals surface area contributed by atoms with Gasteiger partial charge in [0, 0.05) is 43.6 Å². The molecule has 0 atom stereocenters. The van der Waals surface area contributed by atoms with E-state index in [-0.39, 0.29) is 0 Å². The van der Waals surface area contributed by atoms with Crippen molar-refractivity contribution in [2.24, 2.45) is 0 Å². The second kappa shape index (κ2) is 15.1. The fraction of sp³-hybridized carbons (Fsp3) is 0.0154. The number of hydrogen-bond acceptors (Lipinski definition) is 2. The quantitative estimate of drug-likeness (QED) is 0.159. The summed E-state index contributed by atoms with van der Waals surface area (Å²) in [6.07, 6.45) is 0. The molecule has 0 bridgehead atoms. The van der Waals surface area contributed by atoms with Crippen LogP contribution in [0.15, 0.2) is 259 Å². The molecule has 318 valence electrons. The van der Waals surface area contributed by atoms with E-state index in [2.05, 4.69) is 264 Å². The lowest BCUT2D eigenvalue weighted by Gasteiger charge is -2.35. The van der Waals surface area contributed by atoms with Gasteiger partial charge in [0.25, 0.3) is 0 Å². The van der Waals surface area contributed by atoms with Crippen LogP contribution in [0.4, 0.5) is 17.1 Å². The van der Waals surface area contributed by atoms with Gasteiger partial charge in [0.05, 0.1) is 39.2 Å². The summed E-state index contributed by atoms with van der Waals surface area (Å²) in [5, 5.41) is 6.93. The van der Waals surface area contributed by atoms with Crippen LogP contribution < -0.4 is 4.90 Å². The molecule has 0 unspecified atom stereocenters. The van der Waals surface area contributed by atoms with Gasteiger partial charge in [-0.25, -0.2) is 0 Å². The first-order valence-corrected chi connectivity index (χ1v) is 23.4. The van der Waals surface area contributed by atoms with Gasteiger partial charge in [-0.2, -0.15) is 0 Å². The van der Waals surface area contributed by atoms with Crippen LogP contribution in [0.25, 0.3) is 82.5 Å². The van der Waals surface area contributed by atoms with Crippen LogP contribution in [0.5, 0.6) is 0 Å². The van der Waals surface area contributed by atoms with Crippen molar-refractivity contribution in [2.75, 3.05) is 4.90 Å². The van der Waals surface area contributed by atoms with E-state index in [1.54, 1.807) is 0 Å². The maximum absolute atomic E-state index is 7.10. The van der Waals surface area contributed by atoms with Gasteiger partial charge < -0.3 is 13.9 Å². The Hall–Kier alpha value is -8.92. The fourth-order valence-corrected chi connectivity index (χ4v) is 11.7. The van der Waals surface area contributed by atoms with Crippen LogP contribution in [0, 0.1) is 0 Å². The molecule has 0 N–H and O–H groups in total. The predicted octanol–water partition coefficient (Wildman–Crippen LogP) is 17.3. The van der Waals surface area contributed by atoms with Gasteiger partial charge in [-0.15, -0.1) is 0 Å². The van der Waals surface area contributed by atoms with Crippen molar-refractivity contribution in [3.05, 3.63) is 277 Å². The average Bonchev–Trinajstić information content (AvgIpc) is 4.07. The van der Waals surface area contributed by atoms with E-state index < -0.39 is 5.41 Å². The highest BCUT2D eigenvalue weighted by atomic mass is 16.3. The van der Waals surface area contributed by atoms with Crippen molar-refractivity contribution in [3.8, 4) is 27.9 Å². The van der Waals surface area contributed by atoms with Gasteiger partial charge >= 0.3 is 0 Å². The Morgan fingerprint density at radius 3 is 1.59 bits per heavy atom. The molecule has 14 rings (SSSR count). The summed E-state index contributed by atoms with van der Waals surface area (Å²) < 4.78 is 9.55. The molecule has 0 spiro atoms. The van der Waals surface area contributed by atoms with Gasteiger partial charge in [0.2, 0.25) is 0 Å². The first-order chi connectivity index (χ1) is 33.8. The van der Waals surface area contributed by atoms with Gasteiger partial charge in [-0.3, -0.25) is 0 Å². The molecule has 2 aromatic heterocycles. The number of fused-ring (bicyclic) bond motifs is 11. The molecular formula is C65H42N2O. The number of furan rings is 1. The molecule has 13 aromatic rings. The summed E-state index contributed by atoms with van der Waals surface area (Å²) in [6, 6.07) is 93.1.